The van der Waals surface area contributed by atoms with Crippen LogP contribution in [-0.4, -0.2) is 30.9 Å². The molecule has 2 N–H and O–H groups in total. The van der Waals surface area contributed by atoms with Crippen LogP contribution in [0.3, 0.4) is 0 Å². The van der Waals surface area contributed by atoms with E-state index in [0.29, 0.717) is 17.4 Å². The minimum absolute atomic E-state index is 0.0214. The topological polar surface area (TPSA) is 59.6 Å². The summed E-state index contributed by atoms with van der Waals surface area (Å²) in [6.07, 6.45) is 1.35. The van der Waals surface area contributed by atoms with Crippen molar-refractivity contribution in [1.82, 2.24) is 5.32 Å². The normalized spacial score (nSPS) is 28.0. The van der Waals surface area contributed by atoms with E-state index < -0.39 is 0 Å². The lowest BCUT2D eigenvalue weighted by molar-refractivity contribution is -0.107. The molecule has 1 saturated carbocycles. The van der Waals surface area contributed by atoms with Crippen molar-refractivity contribution in [3.05, 3.63) is 24.3 Å². The zero-order valence-corrected chi connectivity index (χ0v) is 14.3. The fraction of sp³-hybridized carbons (Fsp3) is 0.611. The fourth-order valence-corrected chi connectivity index (χ4v) is 3.84. The maximum absolute atomic E-state index is 12.4. The average molecular weight is 318 g/mol. The van der Waals surface area contributed by atoms with Crippen molar-refractivity contribution in [1.29, 1.82) is 0 Å². The van der Waals surface area contributed by atoms with Gasteiger partial charge in [0.25, 0.3) is 0 Å². The third-order valence-electron chi connectivity index (χ3n) is 4.89. The zero-order chi connectivity index (χ0) is 16.6. The summed E-state index contributed by atoms with van der Waals surface area (Å²) in [5.41, 5.74) is 0.668. The molecule has 0 bridgehead atoms. The predicted octanol–water partition coefficient (Wildman–Crippen LogP) is 3.41. The summed E-state index contributed by atoms with van der Waals surface area (Å²) < 4.78 is 11.5. The lowest BCUT2D eigenvalue weighted by atomic mass is 9.57. The number of fused-ring (bicyclic) bond motifs is 1. The number of hydrogen-bond acceptors (Lipinski definition) is 3. The molecule has 2 aliphatic rings. The molecule has 5 heteroatoms. The van der Waals surface area contributed by atoms with E-state index in [2.05, 4.69) is 24.5 Å². The van der Waals surface area contributed by atoms with Crippen molar-refractivity contribution in [3.8, 4) is 5.75 Å². The largest absolute Gasteiger partial charge is 0.489 e. The Morgan fingerprint density at radius 1 is 1.35 bits per heavy atom. The van der Waals surface area contributed by atoms with Gasteiger partial charge in [-0.1, -0.05) is 26.0 Å². The van der Waals surface area contributed by atoms with Crippen LogP contribution in [0, 0.1) is 11.3 Å². The Kier molecular flexibility index (Phi) is 4.23. The van der Waals surface area contributed by atoms with Gasteiger partial charge in [0.05, 0.1) is 17.9 Å². The number of benzene rings is 1. The lowest BCUT2D eigenvalue weighted by Gasteiger charge is -2.54. The molecule has 1 heterocycles. The first kappa shape index (κ1) is 16.1. The van der Waals surface area contributed by atoms with Crippen LogP contribution < -0.4 is 15.4 Å². The van der Waals surface area contributed by atoms with Gasteiger partial charge in [-0.2, -0.15) is 0 Å². The molecular weight excluding hydrogens is 292 g/mol. The van der Waals surface area contributed by atoms with Crippen LogP contribution >= 0.6 is 0 Å². The second-order valence-electron chi connectivity index (χ2n) is 7.30. The standard InChI is InChI=1S/C18H26N2O3/c1-11(2)23-14-8-6-5-7-13(14)19-17(21)20-15-12-9-10-22-16(12)18(15,3)4/h5-8,11-12,15-16H,9-10H2,1-4H3,(H2,19,20,21)/t12-,15+,16+/m0/s1. The van der Waals surface area contributed by atoms with E-state index >= 15 is 0 Å². The number of anilines is 1. The van der Waals surface area contributed by atoms with Crippen LogP contribution in [0.2, 0.25) is 0 Å². The van der Waals surface area contributed by atoms with Crippen molar-refractivity contribution in [3.63, 3.8) is 0 Å². The molecule has 2 fully saturated rings. The van der Waals surface area contributed by atoms with E-state index in [4.69, 9.17) is 9.47 Å². The van der Waals surface area contributed by atoms with Crippen LogP contribution in [-0.2, 0) is 4.74 Å². The van der Waals surface area contributed by atoms with Gasteiger partial charge in [0.1, 0.15) is 5.75 Å². The SMILES string of the molecule is CC(C)Oc1ccccc1NC(=O)N[C@@H]1[C@@H]2CCO[C@H]2C1(C)C. The first-order chi connectivity index (χ1) is 10.9. The van der Waals surface area contributed by atoms with E-state index in [1.54, 1.807) is 0 Å². The highest BCUT2D eigenvalue weighted by Crippen LogP contribution is 2.52. The molecule has 23 heavy (non-hydrogen) atoms. The molecule has 126 valence electrons. The summed E-state index contributed by atoms with van der Waals surface area (Å²) in [6, 6.07) is 7.46. The summed E-state index contributed by atoms with van der Waals surface area (Å²) in [5, 5.41) is 6.04. The molecule has 1 aliphatic heterocycles. The van der Waals surface area contributed by atoms with Crippen molar-refractivity contribution >= 4 is 11.7 Å². The quantitative estimate of drug-likeness (QED) is 0.894. The van der Waals surface area contributed by atoms with Crippen LogP contribution in [0.4, 0.5) is 10.5 Å². The molecule has 2 amide bonds. The molecule has 1 aromatic carbocycles. The van der Waals surface area contributed by atoms with Crippen molar-refractivity contribution in [2.45, 2.75) is 52.4 Å². The zero-order valence-electron chi connectivity index (χ0n) is 14.3. The number of carbonyl (C=O) groups is 1. The maximum atomic E-state index is 12.4. The van der Waals surface area contributed by atoms with Crippen molar-refractivity contribution in [2.24, 2.45) is 11.3 Å². The van der Waals surface area contributed by atoms with Gasteiger partial charge in [-0.3, -0.25) is 0 Å². The van der Waals surface area contributed by atoms with Gasteiger partial charge in [0.2, 0.25) is 0 Å². The number of nitrogens with one attached hydrogen (secondary N) is 2. The molecule has 0 unspecified atom stereocenters. The molecule has 5 nitrogen and oxygen atoms in total. The van der Waals surface area contributed by atoms with Gasteiger partial charge < -0.3 is 20.1 Å². The van der Waals surface area contributed by atoms with Crippen LogP contribution in [0.15, 0.2) is 24.3 Å². The number of urea groups is 1. The summed E-state index contributed by atoms with van der Waals surface area (Å²) in [4.78, 5) is 12.4. The first-order valence-corrected chi connectivity index (χ1v) is 8.34. The van der Waals surface area contributed by atoms with Gasteiger partial charge in [-0.15, -0.1) is 0 Å². The average Bonchev–Trinajstić information content (AvgIpc) is 2.93. The van der Waals surface area contributed by atoms with E-state index in [1.807, 2.05) is 38.1 Å². The third-order valence-corrected chi connectivity index (χ3v) is 4.89. The Hall–Kier alpha value is -1.75. The summed E-state index contributed by atoms with van der Waals surface area (Å²) in [7, 11) is 0. The minimum Gasteiger partial charge on any atom is -0.489 e. The second-order valence-corrected chi connectivity index (χ2v) is 7.30. The van der Waals surface area contributed by atoms with Gasteiger partial charge >= 0.3 is 6.03 Å². The highest BCUT2D eigenvalue weighted by atomic mass is 16.5. The summed E-state index contributed by atoms with van der Waals surface area (Å²) >= 11 is 0. The second kappa shape index (κ2) is 6.04. The highest BCUT2D eigenvalue weighted by molar-refractivity contribution is 5.91. The minimum atomic E-state index is -0.187. The number of carbonyl (C=O) groups excluding carboxylic acids is 1. The Morgan fingerprint density at radius 3 is 2.83 bits per heavy atom. The first-order valence-electron chi connectivity index (χ1n) is 8.34. The van der Waals surface area contributed by atoms with E-state index in [1.165, 1.54) is 0 Å². The number of hydrogen-bond donors (Lipinski definition) is 2. The Morgan fingerprint density at radius 2 is 2.09 bits per heavy atom. The molecule has 1 aliphatic carbocycles. The molecule has 1 aromatic rings. The van der Waals surface area contributed by atoms with Gasteiger partial charge in [-0.05, 0) is 32.4 Å². The van der Waals surface area contributed by atoms with Gasteiger partial charge in [0.15, 0.2) is 0 Å². The smallest absolute Gasteiger partial charge is 0.319 e. The molecule has 0 radical (unpaired) electrons. The number of ether oxygens (including phenoxy) is 2. The van der Waals surface area contributed by atoms with Gasteiger partial charge in [0, 0.05) is 24.0 Å². The lowest BCUT2D eigenvalue weighted by Crippen LogP contribution is -2.67. The summed E-state index contributed by atoms with van der Waals surface area (Å²) in [5.74, 6) is 1.12. The molecule has 1 saturated heterocycles. The molecule has 0 aromatic heterocycles. The number of amides is 2. The highest BCUT2D eigenvalue weighted by Gasteiger charge is 2.59. The van der Waals surface area contributed by atoms with E-state index in [0.717, 1.165) is 13.0 Å². The maximum Gasteiger partial charge on any atom is 0.319 e. The monoisotopic (exact) mass is 318 g/mol. The van der Waals surface area contributed by atoms with Crippen molar-refractivity contribution < 1.29 is 14.3 Å². The Bertz CT molecular complexity index is 585. The predicted molar refractivity (Wildman–Crippen MR) is 89.8 cm³/mol. The molecule has 3 rings (SSSR count). The van der Waals surface area contributed by atoms with Crippen LogP contribution in [0.25, 0.3) is 0 Å². The number of para-hydroxylation sites is 2. The molecular formula is C18H26N2O3. The Balaban J connectivity index is 1.64. The molecule has 3 atom stereocenters. The summed E-state index contributed by atoms with van der Waals surface area (Å²) in [6.45, 7) is 9.03. The Labute approximate surface area is 137 Å². The van der Waals surface area contributed by atoms with Crippen LogP contribution in [0.5, 0.6) is 5.75 Å². The van der Waals surface area contributed by atoms with Crippen LogP contribution in [0.1, 0.15) is 34.1 Å². The van der Waals surface area contributed by atoms with Gasteiger partial charge in [-0.25, -0.2) is 4.79 Å². The fourth-order valence-electron chi connectivity index (χ4n) is 3.84. The van der Waals surface area contributed by atoms with E-state index in [-0.39, 0.29) is 29.7 Å². The van der Waals surface area contributed by atoms with E-state index in [9.17, 15) is 4.79 Å². The molecule has 0 spiro atoms. The number of rotatable bonds is 4. The van der Waals surface area contributed by atoms with Crippen molar-refractivity contribution in [2.75, 3.05) is 11.9 Å². The third kappa shape index (κ3) is 3.02.